The first-order valence-corrected chi connectivity index (χ1v) is 10.1. The van der Waals surface area contributed by atoms with Crippen LogP contribution in [0.1, 0.15) is 6.42 Å². The van der Waals surface area contributed by atoms with Crippen LogP contribution in [0.2, 0.25) is 0 Å². The molecule has 1 aliphatic rings. The minimum absolute atomic E-state index is 0.0910. The van der Waals surface area contributed by atoms with Gasteiger partial charge in [0, 0.05) is 35.7 Å². The summed E-state index contributed by atoms with van der Waals surface area (Å²) in [6.07, 6.45) is 3.00. The van der Waals surface area contributed by atoms with Crippen LogP contribution in [0.25, 0.3) is 5.82 Å². The van der Waals surface area contributed by atoms with Gasteiger partial charge >= 0.3 is 0 Å². The van der Waals surface area contributed by atoms with E-state index in [1.54, 1.807) is 11.0 Å². The van der Waals surface area contributed by atoms with Crippen molar-refractivity contribution in [1.82, 2.24) is 29.9 Å². The Hall–Kier alpha value is -3.34. The number of anilines is 1. The van der Waals surface area contributed by atoms with E-state index in [0.29, 0.717) is 12.4 Å². The minimum Gasteiger partial charge on any atom is -0.354 e. The molecule has 0 spiro atoms. The summed E-state index contributed by atoms with van der Waals surface area (Å²) in [4.78, 5) is 42.4. The Morgan fingerprint density at radius 1 is 1.23 bits per heavy atom. The van der Waals surface area contributed by atoms with Gasteiger partial charge in [0.1, 0.15) is 12.7 Å². The lowest BCUT2D eigenvalue weighted by molar-refractivity contribution is -0.126. The molecule has 2 amide bonds. The summed E-state index contributed by atoms with van der Waals surface area (Å²) in [5.74, 6) is -0.305. The first-order valence-electron chi connectivity index (χ1n) is 9.28. The van der Waals surface area contributed by atoms with Crippen molar-refractivity contribution in [3.8, 4) is 5.82 Å². The van der Waals surface area contributed by atoms with Gasteiger partial charge in [-0.15, -0.1) is 5.10 Å². The molecule has 4 rings (SSSR count). The number of halogens is 1. The number of amides is 2. The molecule has 1 aromatic carbocycles. The number of aromatic nitrogens is 5. The summed E-state index contributed by atoms with van der Waals surface area (Å²) in [5, 5.41) is 11.0. The van der Waals surface area contributed by atoms with E-state index in [-0.39, 0.29) is 36.9 Å². The predicted molar refractivity (Wildman–Crippen MR) is 111 cm³/mol. The first-order chi connectivity index (χ1) is 14.5. The normalized spacial score (nSPS) is 16.1. The van der Waals surface area contributed by atoms with Crippen molar-refractivity contribution < 1.29 is 9.59 Å². The Labute approximate surface area is 179 Å². The fourth-order valence-electron chi connectivity index (χ4n) is 3.25. The zero-order valence-electron chi connectivity index (χ0n) is 15.8. The van der Waals surface area contributed by atoms with Gasteiger partial charge in [-0.1, -0.05) is 22.0 Å². The van der Waals surface area contributed by atoms with Crippen LogP contribution in [-0.4, -0.2) is 49.4 Å². The van der Waals surface area contributed by atoms with Gasteiger partial charge in [-0.3, -0.25) is 14.4 Å². The molecule has 1 N–H and O–H groups in total. The number of nitrogens with one attached hydrogen (secondary N) is 1. The van der Waals surface area contributed by atoms with E-state index in [1.807, 2.05) is 24.3 Å². The second-order valence-corrected chi connectivity index (χ2v) is 7.68. The minimum atomic E-state index is -0.442. The molecule has 30 heavy (non-hydrogen) atoms. The molecule has 154 valence electrons. The summed E-state index contributed by atoms with van der Waals surface area (Å²) in [7, 11) is 0. The van der Waals surface area contributed by atoms with Gasteiger partial charge in [-0.25, -0.2) is 14.3 Å². The van der Waals surface area contributed by atoms with E-state index in [4.69, 9.17) is 0 Å². The molecule has 0 saturated carbocycles. The monoisotopic (exact) mass is 471 g/mol. The van der Waals surface area contributed by atoms with Gasteiger partial charge in [0.25, 0.3) is 5.56 Å². The van der Waals surface area contributed by atoms with Crippen molar-refractivity contribution in [2.24, 2.45) is 5.92 Å². The fourth-order valence-corrected chi connectivity index (χ4v) is 3.64. The van der Waals surface area contributed by atoms with Gasteiger partial charge < -0.3 is 10.2 Å². The molecule has 1 atom stereocenters. The van der Waals surface area contributed by atoms with E-state index in [2.05, 4.69) is 36.4 Å². The molecule has 0 radical (unpaired) electrons. The van der Waals surface area contributed by atoms with Crippen molar-refractivity contribution in [3.63, 3.8) is 0 Å². The molecular weight excluding hydrogens is 454 g/mol. The topological polar surface area (TPSA) is 115 Å². The van der Waals surface area contributed by atoms with Gasteiger partial charge in [0.05, 0.1) is 12.5 Å². The van der Waals surface area contributed by atoms with Crippen LogP contribution in [0.15, 0.2) is 58.3 Å². The molecule has 10 nitrogen and oxygen atoms in total. The van der Waals surface area contributed by atoms with Gasteiger partial charge in [-0.2, -0.15) is 5.10 Å². The van der Waals surface area contributed by atoms with Crippen LogP contribution in [0.4, 0.5) is 5.69 Å². The quantitative estimate of drug-likeness (QED) is 0.567. The van der Waals surface area contributed by atoms with Gasteiger partial charge in [0.15, 0.2) is 5.82 Å². The largest absolute Gasteiger partial charge is 0.354 e. The fraction of sp³-hybridized carbons (Fsp3) is 0.263. The molecule has 11 heteroatoms. The molecule has 3 aromatic rings. The van der Waals surface area contributed by atoms with Gasteiger partial charge in [-0.05, 0) is 24.3 Å². The number of benzene rings is 1. The molecule has 0 aliphatic carbocycles. The van der Waals surface area contributed by atoms with E-state index >= 15 is 0 Å². The standard InChI is InChI=1S/C19H18BrN7O3/c20-14-2-1-3-15(9-14)25-10-13(8-18(25)29)19(30)22-6-7-26-17(28)5-4-16(24-26)27-12-21-11-23-27/h1-5,9,11-13H,6-8,10H2,(H,22,30). The van der Waals surface area contributed by atoms with Crippen LogP contribution in [0.5, 0.6) is 0 Å². The Bertz CT molecular complexity index is 1130. The zero-order valence-corrected chi connectivity index (χ0v) is 17.4. The van der Waals surface area contributed by atoms with E-state index in [1.165, 1.54) is 28.1 Å². The third kappa shape index (κ3) is 4.30. The van der Waals surface area contributed by atoms with E-state index in [0.717, 1.165) is 10.2 Å². The molecule has 1 aliphatic heterocycles. The van der Waals surface area contributed by atoms with Crippen LogP contribution in [0, 0.1) is 5.92 Å². The highest BCUT2D eigenvalue weighted by atomic mass is 79.9. The molecule has 1 saturated heterocycles. The SMILES string of the molecule is O=C(NCCn1nc(-n2cncn2)ccc1=O)C1CC(=O)N(c2cccc(Br)c2)C1. The van der Waals surface area contributed by atoms with E-state index in [9.17, 15) is 14.4 Å². The summed E-state index contributed by atoms with van der Waals surface area (Å²) >= 11 is 3.39. The molecular formula is C19H18BrN7O3. The Morgan fingerprint density at radius 3 is 2.87 bits per heavy atom. The highest BCUT2D eigenvalue weighted by Crippen LogP contribution is 2.27. The average Bonchev–Trinajstić information content (AvgIpc) is 3.39. The summed E-state index contributed by atoms with van der Waals surface area (Å²) in [6, 6.07) is 10.3. The van der Waals surface area contributed by atoms with Crippen molar-refractivity contribution in [2.75, 3.05) is 18.0 Å². The third-order valence-electron chi connectivity index (χ3n) is 4.74. The zero-order chi connectivity index (χ0) is 21.1. The summed E-state index contributed by atoms with van der Waals surface area (Å²) in [5.41, 5.74) is 0.468. The van der Waals surface area contributed by atoms with Crippen LogP contribution >= 0.6 is 15.9 Å². The number of rotatable bonds is 6. The number of carbonyl (C=O) groups is 2. The van der Waals surface area contributed by atoms with Crippen LogP contribution in [-0.2, 0) is 16.1 Å². The first kappa shape index (κ1) is 20.0. The number of nitrogens with zero attached hydrogens (tertiary/aromatic N) is 6. The van der Waals surface area contributed by atoms with Crippen molar-refractivity contribution in [2.45, 2.75) is 13.0 Å². The Morgan fingerprint density at radius 2 is 2.10 bits per heavy atom. The lowest BCUT2D eigenvalue weighted by atomic mass is 10.1. The van der Waals surface area contributed by atoms with Gasteiger partial charge in [0.2, 0.25) is 11.8 Å². The lowest BCUT2D eigenvalue weighted by Crippen LogP contribution is -2.36. The lowest BCUT2D eigenvalue weighted by Gasteiger charge is -2.17. The molecule has 1 unspecified atom stereocenters. The summed E-state index contributed by atoms with van der Waals surface area (Å²) < 4.78 is 3.56. The van der Waals surface area contributed by atoms with Crippen LogP contribution < -0.4 is 15.8 Å². The van der Waals surface area contributed by atoms with Crippen molar-refractivity contribution >= 4 is 33.4 Å². The molecule has 0 bridgehead atoms. The van der Waals surface area contributed by atoms with E-state index < -0.39 is 5.92 Å². The highest BCUT2D eigenvalue weighted by molar-refractivity contribution is 9.10. The number of hydrogen-bond acceptors (Lipinski definition) is 6. The second-order valence-electron chi connectivity index (χ2n) is 6.77. The maximum absolute atomic E-state index is 12.5. The Balaban J connectivity index is 1.35. The summed E-state index contributed by atoms with van der Waals surface area (Å²) in [6.45, 7) is 0.734. The van der Waals surface area contributed by atoms with Crippen LogP contribution in [0.3, 0.4) is 0 Å². The molecule has 2 aromatic heterocycles. The Kier molecular flexibility index (Phi) is 5.70. The number of carbonyl (C=O) groups excluding carboxylic acids is 2. The highest BCUT2D eigenvalue weighted by Gasteiger charge is 2.35. The maximum Gasteiger partial charge on any atom is 0.266 e. The molecule has 1 fully saturated rings. The maximum atomic E-state index is 12.5. The predicted octanol–water partition coefficient (Wildman–Crippen LogP) is 0.756. The van der Waals surface area contributed by atoms with Crippen molar-refractivity contribution in [3.05, 3.63) is 63.9 Å². The third-order valence-corrected chi connectivity index (χ3v) is 5.24. The molecule has 3 heterocycles. The number of hydrogen-bond donors (Lipinski definition) is 1. The average molecular weight is 472 g/mol. The second kappa shape index (κ2) is 8.57. The smallest absolute Gasteiger partial charge is 0.266 e. The van der Waals surface area contributed by atoms with Crippen molar-refractivity contribution in [1.29, 1.82) is 0 Å².